The molecule has 0 amide bonds. The summed E-state index contributed by atoms with van der Waals surface area (Å²) < 4.78 is 0. The summed E-state index contributed by atoms with van der Waals surface area (Å²) in [6.07, 6.45) is 10.9. The zero-order chi connectivity index (χ0) is 28.2. The third kappa shape index (κ3) is 16.0. The summed E-state index contributed by atoms with van der Waals surface area (Å²) in [6, 6.07) is 0. The number of allylic oxidation sites excluding steroid dienone is 6. The highest BCUT2D eigenvalue weighted by molar-refractivity contribution is 5.06. The summed E-state index contributed by atoms with van der Waals surface area (Å²) in [4.78, 5) is 0. The molecule has 36 heavy (non-hydrogen) atoms. The van der Waals surface area contributed by atoms with Crippen LogP contribution in [-0.2, 0) is 0 Å². The average molecular weight is 513 g/mol. The molecule has 0 aliphatic rings. The standard InChI is InChI=1S/C30H56O6/c1-22(14-11-15-24(3)16-18-25(31)28(4,5)34)12-9-10-13-23(2)17-19-27(33)30(8,36)21-20-26(32)29(6,7)35/h12-13,15,25-27,31-36H,9-11,14,16-21H2,1-8H3. The van der Waals surface area contributed by atoms with Crippen molar-refractivity contribution in [1.82, 2.24) is 0 Å². The Balaban J connectivity index is 4.33. The quantitative estimate of drug-likeness (QED) is 0.112. The molecular weight excluding hydrogens is 456 g/mol. The summed E-state index contributed by atoms with van der Waals surface area (Å²) in [5.41, 5.74) is 0.161. The van der Waals surface area contributed by atoms with Gasteiger partial charge in [-0.05, 0) is 120 Å². The smallest absolute Gasteiger partial charge is 0.0878 e. The largest absolute Gasteiger partial charge is 0.390 e. The molecule has 4 unspecified atom stereocenters. The van der Waals surface area contributed by atoms with E-state index in [2.05, 4.69) is 32.1 Å². The van der Waals surface area contributed by atoms with Gasteiger partial charge in [0.25, 0.3) is 0 Å². The van der Waals surface area contributed by atoms with E-state index in [0.717, 1.165) is 32.1 Å². The van der Waals surface area contributed by atoms with Crippen molar-refractivity contribution in [2.45, 2.75) is 155 Å². The van der Waals surface area contributed by atoms with Crippen LogP contribution in [0.5, 0.6) is 0 Å². The Bertz CT molecular complexity index is 706. The van der Waals surface area contributed by atoms with Crippen LogP contribution in [0.2, 0.25) is 0 Å². The molecule has 212 valence electrons. The molecule has 6 nitrogen and oxygen atoms in total. The van der Waals surface area contributed by atoms with Crippen LogP contribution in [-0.4, -0.2) is 65.8 Å². The van der Waals surface area contributed by atoms with Gasteiger partial charge in [-0.25, -0.2) is 0 Å². The van der Waals surface area contributed by atoms with E-state index in [-0.39, 0.29) is 12.8 Å². The number of hydrogen-bond acceptors (Lipinski definition) is 6. The summed E-state index contributed by atoms with van der Waals surface area (Å²) in [5.74, 6) is 0. The van der Waals surface area contributed by atoms with Crippen molar-refractivity contribution in [1.29, 1.82) is 0 Å². The van der Waals surface area contributed by atoms with Crippen molar-refractivity contribution in [2.24, 2.45) is 0 Å². The lowest BCUT2D eigenvalue weighted by molar-refractivity contribution is -0.0946. The highest BCUT2D eigenvalue weighted by atomic mass is 16.3. The molecule has 0 aromatic carbocycles. The van der Waals surface area contributed by atoms with E-state index in [4.69, 9.17) is 0 Å². The van der Waals surface area contributed by atoms with E-state index in [1.54, 1.807) is 20.8 Å². The van der Waals surface area contributed by atoms with Gasteiger partial charge < -0.3 is 30.6 Å². The number of unbranched alkanes of at least 4 members (excludes halogenated alkanes) is 1. The molecule has 0 aliphatic carbocycles. The van der Waals surface area contributed by atoms with Crippen LogP contribution in [0.1, 0.15) is 120 Å². The van der Waals surface area contributed by atoms with Gasteiger partial charge in [0.2, 0.25) is 0 Å². The van der Waals surface area contributed by atoms with Gasteiger partial charge in [-0.1, -0.05) is 34.9 Å². The van der Waals surface area contributed by atoms with Crippen LogP contribution >= 0.6 is 0 Å². The van der Waals surface area contributed by atoms with Crippen LogP contribution in [0.25, 0.3) is 0 Å². The molecule has 0 spiro atoms. The summed E-state index contributed by atoms with van der Waals surface area (Å²) in [7, 11) is 0. The van der Waals surface area contributed by atoms with Crippen molar-refractivity contribution in [3.05, 3.63) is 34.9 Å². The lowest BCUT2D eigenvalue weighted by Crippen LogP contribution is -2.42. The predicted molar refractivity (Wildman–Crippen MR) is 149 cm³/mol. The van der Waals surface area contributed by atoms with Crippen LogP contribution < -0.4 is 0 Å². The van der Waals surface area contributed by atoms with E-state index in [1.807, 2.05) is 6.92 Å². The second-order valence-electron chi connectivity index (χ2n) is 12.1. The molecule has 0 radical (unpaired) electrons. The second-order valence-corrected chi connectivity index (χ2v) is 12.1. The Kier molecular flexibility index (Phi) is 15.6. The normalized spacial score (nSPS) is 18.7. The lowest BCUT2D eigenvalue weighted by atomic mass is 9.86. The van der Waals surface area contributed by atoms with Crippen molar-refractivity contribution in [3.8, 4) is 0 Å². The van der Waals surface area contributed by atoms with Crippen molar-refractivity contribution in [2.75, 3.05) is 0 Å². The van der Waals surface area contributed by atoms with E-state index in [9.17, 15) is 30.6 Å². The molecule has 0 saturated carbocycles. The van der Waals surface area contributed by atoms with Crippen molar-refractivity contribution in [3.63, 3.8) is 0 Å². The number of aliphatic hydroxyl groups is 6. The Morgan fingerprint density at radius 1 is 0.556 bits per heavy atom. The molecule has 6 N–H and O–H groups in total. The highest BCUT2D eigenvalue weighted by Crippen LogP contribution is 2.25. The molecule has 0 bridgehead atoms. The topological polar surface area (TPSA) is 121 Å². The lowest BCUT2D eigenvalue weighted by Gasteiger charge is -2.32. The van der Waals surface area contributed by atoms with Crippen LogP contribution in [0, 0.1) is 0 Å². The highest BCUT2D eigenvalue weighted by Gasteiger charge is 2.33. The van der Waals surface area contributed by atoms with Crippen LogP contribution in [0.4, 0.5) is 0 Å². The molecule has 0 aromatic rings. The fourth-order valence-electron chi connectivity index (χ4n) is 3.85. The van der Waals surface area contributed by atoms with Gasteiger partial charge in [0.15, 0.2) is 0 Å². The predicted octanol–water partition coefficient (Wildman–Crippen LogP) is 5.10. The van der Waals surface area contributed by atoms with Gasteiger partial charge in [0, 0.05) is 0 Å². The maximum atomic E-state index is 10.6. The van der Waals surface area contributed by atoms with Gasteiger partial charge in [-0.15, -0.1) is 0 Å². The Hall–Kier alpha value is -1.02. The zero-order valence-corrected chi connectivity index (χ0v) is 24.2. The summed E-state index contributed by atoms with van der Waals surface area (Å²) in [6.45, 7) is 14.2. The molecule has 4 atom stereocenters. The molecule has 0 heterocycles. The van der Waals surface area contributed by atoms with Crippen molar-refractivity contribution < 1.29 is 30.6 Å². The Morgan fingerprint density at radius 2 is 0.917 bits per heavy atom. The first-order valence-electron chi connectivity index (χ1n) is 13.5. The van der Waals surface area contributed by atoms with Gasteiger partial charge in [0.1, 0.15) is 0 Å². The van der Waals surface area contributed by atoms with Gasteiger partial charge in [0.05, 0.1) is 35.1 Å². The SMILES string of the molecule is CC(=CCCC=C(C)CCC(O)C(C)(O)CCC(O)C(C)(C)O)CCC=C(C)CCC(O)C(C)(C)O. The van der Waals surface area contributed by atoms with Gasteiger partial charge in [-0.2, -0.15) is 0 Å². The Morgan fingerprint density at radius 3 is 1.36 bits per heavy atom. The fraction of sp³-hybridized carbons (Fsp3) is 0.800. The third-order valence-electron chi connectivity index (χ3n) is 7.08. The summed E-state index contributed by atoms with van der Waals surface area (Å²) >= 11 is 0. The van der Waals surface area contributed by atoms with Gasteiger partial charge in [-0.3, -0.25) is 0 Å². The molecule has 0 saturated heterocycles. The van der Waals surface area contributed by atoms with E-state index in [0.29, 0.717) is 19.3 Å². The minimum Gasteiger partial charge on any atom is -0.390 e. The zero-order valence-electron chi connectivity index (χ0n) is 24.2. The van der Waals surface area contributed by atoms with Gasteiger partial charge >= 0.3 is 0 Å². The monoisotopic (exact) mass is 512 g/mol. The number of hydrogen-bond donors (Lipinski definition) is 6. The van der Waals surface area contributed by atoms with E-state index < -0.39 is 35.1 Å². The fourth-order valence-corrected chi connectivity index (χ4v) is 3.85. The van der Waals surface area contributed by atoms with Crippen LogP contribution in [0.3, 0.4) is 0 Å². The second kappa shape index (κ2) is 16.1. The molecular formula is C30H56O6. The molecule has 0 aliphatic heterocycles. The molecule has 0 aromatic heterocycles. The maximum absolute atomic E-state index is 10.6. The summed E-state index contributed by atoms with van der Waals surface area (Å²) in [5, 5.41) is 60.6. The molecule has 6 heteroatoms. The molecule has 0 rings (SSSR count). The first kappa shape index (κ1) is 35.0. The van der Waals surface area contributed by atoms with Crippen LogP contribution in [0.15, 0.2) is 34.9 Å². The minimum absolute atomic E-state index is 0.212. The third-order valence-corrected chi connectivity index (χ3v) is 7.08. The maximum Gasteiger partial charge on any atom is 0.0878 e. The minimum atomic E-state index is -1.31. The van der Waals surface area contributed by atoms with E-state index >= 15 is 0 Å². The molecule has 0 fully saturated rings. The Labute approximate surface area is 220 Å². The van der Waals surface area contributed by atoms with Crippen molar-refractivity contribution >= 4 is 0 Å². The first-order chi connectivity index (χ1) is 16.4. The number of aliphatic hydroxyl groups excluding tert-OH is 3. The first-order valence-corrected chi connectivity index (χ1v) is 13.5. The van der Waals surface area contributed by atoms with E-state index in [1.165, 1.54) is 30.6 Å². The average Bonchev–Trinajstić information content (AvgIpc) is 2.75. The number of rotatable bonds is 18.